The average Bonchev–Trinajstić information content (AvgIpc) is 2.53. The minimum Gasteiger partial charge on any atom is -0.326 e. The van der Waals surface area contributed by atoms with Crippen LogP contribution in [0.1, 0.15) is 44.1 Å². The highest BCUT2D eigenvalue weighted by Crippen LogP contribution is 2.22. The van der Waals surface area contributed by atoms with E-state index in [4.69, 9.17) is 16.9 Å². The van der Waals surface area contributed by atoms with E-state index in [9.17, 15) is 4.79 Å². The van der Waals surface area contributed by atoms with E-state index in [0.29, 0.717) is 28.7 Å². The van der Waals surface area contributed by atoms with Gasteiger partial charge in [-0.3, -0.25) is 4.79 Å². The standard InChI is InChI=1S/C17H22ClN3O/c1-21(15-5-3-2-4-6-15)10-9-17(22)20-14-8-7-13(12-19)16(18)11-14/h7-8,11,15H,2-6,9-10H2,1H3,(H,20,22). The van der Waals surface area contributed by atoms with Crippen molar-refractivity contribution in [1.29, 1.82) is 5.26 Å². The molecule has 0 atom stereocenters. The van der Waals surface area contributed by atoms with Crippen molar-refractivity contribution in [3.63, 3.8) is 0 Å². The number of benzene rings is 1. The highest BCUT2D eigenvalue weighted by Gasteiger charge is 2.18. The predicted molar refractivity (Wildman–Crippen MR) is 88.9 cm³/mol. The number of carbonyl (C=O) groups excluding carboxylic acids is 1. The molecule has 0 heterocycles. The molecule has 0 spiro atoms. The van der Waals surface area contributed by atoms with Crippen molar-refractivity contribution in [2.45, 2.75) is 44.6 Å². The van der Waals surface area contributed by atoms with Gasteiger partial charge in [0.25, 0.3) is 0 Å². The van der Waals surface area contributed by atoms with E-state index in [1.165, 1.54) is 32.1 Å². The maximum absolute atomic E-state index is 12.0. The summed E-state index contributed by atoms with van der Waals surface area (Å²) in [6.45, 7) is 0.764. The van der Waals surface area contributed by atoms with Crippen LogP contribution in [0.25, 0.3) is 0 Å². The number of nitrogens with one attached hydrogen (secondary N) is 1. The predicted octanol–water partition coefficient (Wildman–Crippen LogP) is 3.80. The number of rotatable bonds is 5. The molecule has 0 saturated heterocycles. The number of nitrogens with zero attached hydrogens (tertiary/aromatic N) is 2. The summed E-state index contributed by atoms with van der Waals surface area (Å²) >= 11 is 5.96. The third kappa shape index (κ3) is 4.72. The number of hydrogen-bond donors (Lipinski definition) is 1. The molecule has 1 saturated carbocycles. The van der Waals surface area contributed by atoms with Gasteiger partial charge < -0.3 is 10.2 Å². The molecule has 1 fully saturated rings. The van der Waals surface area contributed by atoms with Crippen molar-refractivity contribution in [3.05, 3.63) is 28.8 Å². The Morgan fingerprint density at radius 3 is 2.77 bits per heavy atom. The first-order valence-electron chi connectivity index (χ1n) is 7.80. The number of hydrogen-bond acceptors (Lipinski definition) is 3. The molecule has 1 aromatic rings. The molecular formula is C17H22ClN3O. The maximum atomic E-state index is 12.0. The van der Waals surface area contributed by atoms with E-state index in [0.717, 1.165) is 6.54 Å². The highest BCUT2D eigenvalue weighted by atomic mass is 35.5. The van der Waals surface area contributed by atoms with Crippen LogP contribution >= 0.6 is 11.6 Å². The zero-order chi connectivity index (χ0) is 15.9. The third-order valence-electron chi connectivity index (χ3n) is 4.26. The van der Waals surface area contributed by atoms with Crippen LogP contribution in [0.2, 0.25) is 5.02 Å². The lowest BCUT2D eigenvalue weighted by Gasteiger charge is -2.30. The summed E-state index contributed by atoms with van der Waals surface area (Å²) in [5.41, 5.74) is 1.05. The molecule has 118 valence electrons. The summed E-state index contributed by atoms with van der Waals surface area (Å²) in [5, 5.41) is 12.0. The largest absolute Gasteiger partial charge is 0.326 e. The second kappa shape index (κ2) is 8.17. The van der Waals surface area contributed by atoms with Gasteiger partial charge in [-0.1, -0.05) is 30.9 Å². The van der Waals surface area contributed by atoms with Crippen LogP contribution in [0.5, 0.6) is 0 Å². The fourth-order valence-corrected chi connectivity index (χ4v) is 3.11. The van der Waals surface area contributed by atoms with Crippen LogP contribution in [-0.4, -0.2) is 30.4 Å². The number of amides is 1. The van der Waals surface area contributed by atoms with E-state index in [2.05, 4.69) is 17.3 Å². The van der Waals surface area contributed by atoms with E-state index in [1.54, 1.807) is 18.2 Å². The first-order chi connectivity index (χ1) is 10.6. The maximum Gasteiger partial charge on any atom is 0.225 e. The van der Waals surface area contributed by atoms with Crippen LogP contribution in [0, 0.1) is 11.3 Å². The van der Waals surface area contributed by atoms with E-state index in [-0.39, 0.29) is 5.91 Å². The van der Waals surface area contributed by atoms with E-state index < -0.39 is 0 Å². The molecule has 1 N–H and O–H groups in total. The zero-order valence-corrected chi connectivity index (χ0v) is 13.7. The number of anilines is 1. The average molecular weight is 320 g/mol. The lowest BCUT2D eigenvalue weighted by molar-refractivity contribution is -0.116. The molecule has 0 aliphatic heterocycles. The quantitative estimate of drug-likeness (QED) is 0.898. The van der Waals surface area contributed by atoms with Gasteiger partial charge in [0.2, 0.25) is 5.91 Å². The SMILES string of the molecule is CN(CCC(=O)Nc1ccc(C#N)c(Cl)c1)C1CCCCC1. The van der Waals surface area contributed by atoms with Gasteiger partial charge in [0.05, 0.1) is 10.6 Å². The van der Waals surface area contributed by atoms with Gasteiger partial charge in [-0.2, -0.15) is 5.26 Å². The summed E-state index contributed by atoms with van der Waals surface area (Å²) < 4.78 is 0. The molecule has 5 heteroatoms. The van der Waals surface area contributed by atoms with Crippen molar-refractivity contribution in [2.24, 2.45) is 0 Å². The molecule has 0 unspecified atom stereocenters. The van der Waals surface area contributed by atoms with Crippen molar-refractivity contribution in [3.8, 4) is 6.07 Å². The monoisotopic (exact) mass is 319 g/mol. The van der Waals surface area contributed by atoms with Crippen LogP contribution in [-0.2, 0) is 4.79 Å². The number of nitriles is 1. The second-order valence-electron chi connectivity index (χ2n) is 5.88. The smallest absolute Gasteiger partial charge is 0.225 e. The van der Waals surface area contributed by atoms with Gasteiger partial charge in [0.15, 0.2) is 0 Å². The Kier molecular flexibility index (Phi) is 6.23. The summed E-state index contributed by atoms with van der Waals surface area (Å²) in [6, 6.07) is 7.55. The van der Waals surface area contributed by atoms with Crippen LogP contribution in [0.3, 0.4) is 0 Å². The lowest BCUT2D eigenvalue weighted by Crippen LogP contribution is -2.35. The topological polar surface area (TPSA) is 56.1 Å². The molecule has 0 radical (unpaired) electrons. The van der Waals surface area contributed by atoms with Crippen LogP contribution in [0.4, 0.5) is 5.69 Å². The Labute approximate surface area is 137 Å². The molecule has 22 heavy (non-hydrogen) atoms. The van der Waals surface area contributed by atoms with Gasteiger partial charge in [0, 0.05) is 24.7 Å². The molecule has 4 nitrogen and oxygen atoms in total. The first-order valence-corrected chi connectivity index (χ1v) is 8.17. The fourth-order valence-electron chi connectivity index (χ4n) is 2.89. The highest BCUT2D eigenvalue weighted by molar-refractivity contribution is 6.32. The van der Waals surface area contributed by atoms with Gasteiger partial charge in [-0.15, -0.1) is 0 Å². The fraction of sp³-hybridized carbons (Fsp3) is 0.529. The third-order valence-corrected chi connectivity index (χ3v) is 4.58. The molecule has 1 aliphatic rings. The van der Waals surface area contributed by atoms with Gasteiger partial charge in [-0.05, 0) is 38.1 Å². The number of halogens is 1. The Balaban J connectivity index is 1.80. The minimum atomic E-state index is -0.0246. The van der Waals surface area contributed by atoms with E-state index >= 15 is 0 Å². The Morgan fingerprint density at radius 2 is 2.14 bits per heavy atom. The number of carbonyl (C=O) groups is 1. The van der Waals surface area contributed by atoms with Gasteiger partial charge in [0.1, 0.15) is 6.07 Å². The normalized spacial score (nSPS) is 15.5. The Hall–Kier alpha value is -1.57. The first kappa shape index (κ1) is 16.8. The Bertz CT molecular complexity index is 562. The van der Waals surface area contributed by atoms with Crippen LogP contribution in [0.15, 0.2) is 18.2 Å². The molecule has 2 rings (SSSR count). The molecule has 1 amide bonds. The van der Waals surface area contributed by atoms with Gasteiger partial charge in [-0.25, -0.2) is 0 Å². The summed E-state index contributed by atoms with van der Waals surface area (Å²) in [7, 11) is 2.10. The minimum absolute atomic E-state index is 0.0246. The summed E-state index contributed by atoms with van der Waals surface area (Å²) in [5.74, 6) is -0.0246. The lowest BCUT2D eigenvalue weighted by atomic mass is 9.94. The molecule has 0 bridgehead atoms. The van der Waals surface area contributed by atoms with Crippen molar-refractivity contribution in [1.82, 2.24) is 4.90 Å². The summed E-state index contributed by atoms with van der Waals surface area (Å²) in [6.07, 6.45) is 6.87. The van der Waals surface area contributed by atoms with E-state index in [1.807, 2.05) is 6.07 Å². The second-order valence-corrected chi connectivity index (χ2v) is 6.28. The molecular weight excluding hydrogens is 298 g/mol. The van der Waals surface area contributed by atoms with Crippen molar-refractivity contribution >= 4 is 23.2 Å². The van der Waals surface area contributed by atoms with Crippen molar-refractivity contribution in [2.75, 3.05) is 18.9 Å². The zero-order valence-electron chi connectivity index (χ0n) is 12.9. The molecule has 1 aliphatic carbocycles. The summed E-state index contributed by atoms with van der Waals surface area (Å²) in [4.78, 5) is 14.3. The van der Waals surface area contributed by atoms with Crippen LogP contribution < -0.4 is 5.32 Å². The Morgan fingerprint density at radius 1 is 1.41 bits per heavy atom. The van der Waals surface area contributed by atoms with Crippen molar-refractivity contribution < 1.29 is 4.79 Å². The molecule has 0 aromatic heterocycles. The molecule has 1 aromatic carbocycles. The van der Waals surface area contributed by atoms with Gasteiger partial charge >= 0.3 is 0 Å².